The Kier molecular flexibility index (Phi) is 8.44. The van der Waals surface area contributed by atoms with Crippen LogP contribution in [0, 0.1) is 0 Å². The number of amides is 2. The van der Waals surface area contributed by atoms with Crippen molar-refractivity contribution in [2.75, 3.05) is 13.3 Å². The lowest BCUT2D eigenvalue weighted by Gasteiger charge is -2.19. The van der Waals surface area contributed by atoms with Gasteiger partial charge in [0.15, 0.2) is 6.29 Å². The molecule has 3 aromatic rings. The van der Waals surface area contributed by atoms with Crippen molar-refractivity contribution in [2.24, 2.45) is 0 Å². The van der Waals surface area contributed by atoms with Crippen LogP contribution in [0.25, 0.3) is 6.08 Å². The number of hydrogen-bond acceptors (Lipinski definition) is 5. The third-order valence-electron chi connectivity index (χ3n) is 5.79. The summed E-state index contributed by atoms with van der Waals surface area (Å²) in [5, 5.41) is 0. The minimum absolute atomic E-state index is 0.145. The molecule has 0 fully saturated rings. The zero-order valence-electron chi connectivity index (χ0n) is 20.3. The van der Waals surface area contributed by atoms with Gasteiger partial charge in [-0.15, -0.1) is 0 Å². The van der Waals surface area contributed by atoms with Crippen LogP contribution in [0.2, 0.25) is 0 Å². The van der Waals surface area contributed by atoms with Crippen molar-refractivity contribution in [3.8, 4) is 5.75 Å². The molecule has 6 heteroatoms. The Hall–Kier alpha value is -4.00. The van der Waals surface area contributed by atoms with E-state index in [0.717, 1.165) is 27.3 Å². The largest absolute Gasteiger partial charge is 0.489 e. The average Bonchev–Trinajstić information content (AvgIpc) is 3.15. The van der Waals surface area contributed by atoms with Crippen molar-refractivity contribution in [1.82, 2.24) is 4.90 Å². The monoisotopic (exact) mass is 483 g/mol. The third kappa shape index (κ3) is 6.36. The molecule has 1 unspecified atom stereocenters. The van der Waals surface area contributed by atoms with E-state index in [2.05, 4.69) is 6.58 Å². The Bertz CT molecular complexity index is 1200. The van der Waals surface area contributed by atoms with Crippen LogP contribution in [0.1, 0.15) is 44.3 Å². The molecular weight excluding hydrogens is 454 g/mol. The van der Waals surface area contributed by atoms with Crippen LogP contribution in [0.3, 0.4) is 0 Å². The smallest absolute Gasteiger partial charge is 0.263 e. The number of fused-ring (bicyclic) bond motifs is 1. The molecule has 0 saturated carbocycles. The molecule has 184 valence electrons. The van der Waals surface area contributed by atoms with E-state index < -0.39 is 6.29 Å². The summed E-state index contributed by atoms with van der Waals surface area (Å²) in [6.45, 7) is 6.22. The number of carbonyl (C=O) groups excluding carboxylic acids is 2. The van der Waals surface area contributed by atoms with E-state index in [-0.39, 0.29) is 18.5 Å². The summed E-state index contributed by atoms with van der Waals surface area (Å²) in [5.74, 6) is 0.110. The van der Waals surface area contributed by atoms with Gasteiger partial charge in [-0.25, -0.2) is 4.90 Å². The van der Waals surface area contributed by atoms with Crippen LogP contribution in [0.15, 0.2) is 91.5 Å². The quantitative estimate of drug-likeness (QED) is 0.190. The second-order valence-electron chi connectivity index (χ2n) is 8.34. The topological polar surface area (TPSA) is 65.1 Å². The van der Waals surface area contributed by atoms with Crippen molar-refractivity contribution < 1.29 is 23.8 Å². The molecule has 0 N–H and O–H groups in total. The predicted octanol–water partition coefficient (Wildman–Crippen LogP) is 5.64. The van der Waals surface area contributed by atoms with Gasteiger partial charge < -0.3 is 14.2 Å². The number of carbonyl (C=O) groups is 2. The molecule has 1 heterocycles. The molecule has 0 radical (unpaired) electrons. The van der Waals surface area contributed by atoms with Crippen LogP contribution in [-0.2, 0) is 22.5 Å². The molecule has 1 aliphatic rings. The molecule has 0 aromatic heterocycles. The van der Waals surface area contributed by atoms with Gasteiger partial charge in [-0.1, -0.05) is 73.3 Å². The van der Waals surface area contributed by atoms with Gasteiger partial charge in [0.25, 0.3) is 11.8 Å². The molecule has 3 aromatic carbocycles. The maximum atomic E-state index is 12.4. The molecule has 0 aliphatic carbocycles. The Labute approximate surface area is 211 Å². The first-order valence-electron chi connectivity index (χ1n) is 11.8. The van der Waals surface area contributed by atoms with Gasteiger partial charge in [0.05, 0.1) is 17.7 Å². The summed E-state index contributed by atoms with van der Waals surface area (Å²) in [6, 6.07) is 22.9. The Balaban J connectivity index is 1.16. The first kappa shape index (κ1) is 25.1. The zero-order chi connectivity index (χ0) is 25.3. The second-order valence-corrected chi connectivity index (χ2v) is 8.34. The molecular formula is C30H29NO5. The molecule has 2 amide bonds. The highest BCUT2D eigenvalue weighted by Crippen LogP contribution is 2.22. The number of hydrogen-bond donors (Lipinski definition) is 0. The fourth-order valence-corrected chi connectivity index (χ4v) is 3.75. The van der Waals surface area contributed by atoms with E-state index >= 15 is 0 Å². The summed E-state index contributed by atoms with van der Waals surface area (Å²) < 4.78 is 17.2. The summed E-state index contributed by atoms with van der Waals surface area (Å²) >= 11 is 0. The SMILES string of the molecule is C=C/C=C/c1ccc(COc2ccc(CCOC(C)OCN3C(=O)c4ccccc4C3=O)cc2)cc1. The lowest BCUT2D eigenvalue weighted by molar-refractivity contribution is -0.145. The van der Waals surface area contributed by atoms with Crippen molar-refractivity contribution in [3.63, 3.8) is 0 Å². The van der Waals surface area contributed by atoms with Crippen molar-refractivity contribution in [3.05, 3.63) is 119 Å². The maximum Gasteiger partial charge on any atom is 0.263 e. The van der Waals surface area contributed by atoms with Gasteiger partial charge in [-0.3, -0.25) is 9.59 Å². The lowest BCUT2D eigenvalue weighted by Crippen LogP contribution is -2.34. The van der Waals surface area contributed by atoms with E-state index in [4.69, 9.17) is 14.2 Å². The van der Waals surface area contributed by atoms with Crippen LogP contribution < -0.4 is 4.74 Å². The maximum absolute atomic E-state index is 12.4. The predicted molar refractivity (Wildman–Crippen MR) is 138 cm³/mol. The van der Waals surface area contributed by atoms with Gasteiger partial charge in [0.1, 0.15) is 19.1 Å². The molecule has 0 saturated heterocycles. The van der Waals surface area contributed by atoms with Gasteiger partial charge in [0, 0.05) is 0 Å². The normalized spacial score (nSPS) is 13.8. The van der Waals surface area contributed by atoms with Crippen LogP contribution >= 0.6 is 0 Å². The molecule has 36 heavy (non-hydrogen) atoms. The average molecular weight is 484 g/mol. The van der Waals surface area contributed by atoms with Gasteiger partial charge in [0.2, 0.25) is 0 Å². The van der Waals surface area contributed by atoms with E-state index in [9.17, 15) is 9.59 Å². The van der Waals surface area contributed by atoms with Crippen LogP contribution in [-0.4, -0.2) is 36.3 Å². The molecule has 0 bridgehead atoms. The van der Waals surface area contributed by atoms with Gasteiger partial charge in [-0.2, -0.15) is 0 Å². The number of benzene rings is 3. The molecule has 1 atom stereocenters. The highest BCUT2D eigenvalue weighted by molar-refractivity contribution is 6.21. The fourth-order valence-electron chi connectivity index (χ4n) is 3.75. The number of imide groups is 1. The van der Waals surface area contributed by atoms with Crippen molar-refractivity contribution >= 4 is 17.9 Å². The minimum atomic E-state index is -0.560. The fraction of sp³-hybridized carbons (Fsp3) is 0.200. The first-order valence-corrected chi connectivity index (χ1v) is 11.8. The molecule has 1 aliphatic heterocycles. The van der Waals surface area contributed by atoms with Crippen molar-refractivity contribution in [2.45, 2.75) is 26.2 Å². The molecule has 0 spiro atoms. The number of allylic oxidation sites excluding steroid dienone is 2. The van der Waals surface area contributed by atoms with Gasteiger partial charge in [-0.05, 0) is 54.3 Å². The second kappa shape index (κ2) is 12.1. The molecule has 4 rings (SSSR count). The van der Waals surface area contributed by atoms with Gasteiger partial charge >= 0.3 is 0 Å². The number of ether oxygens (including phenoxy) is 3. The third-order valence-corrected chi connectivity index (χ3v) is 5.79. The summed E-state index contributed by atoms with van der Waals surface area (Å²) in [5.41, 5.74) is 4.13. The van der Waals surface area contributed by atoms with E-state index in [1.165, 1.54) is 0 Å². The summed E-state index contributed by atoms with van der Waals surface area (Å²) in [7, 11) is 0. The van der Waals surface area contributed by atoms with E-state index in [1.807, 2.05) is 60.7 Å². The highest BCUT2D eigenvalue weighted by atomic mass is 16.7. The first-order chi connectivity index (χ1) is 17.5. The van der Waals surface area contributed by atoms with E-state index in [0.29, 0.717) is 30.8 Å². The van der Waals surface area contributed by atoms with Crippen LogP contribution in [0.5, 0.6) is 5.75 Å². The molecule has 6 nitrogen and oxygen atoms in total. The minimum Gasteiger partial charge on any atom is -0.489 e. The van der Waals surface area contributed by atoms with Crippen molar-refractivity contribution in [1.29, 1.82) is 0 Å². The number of rotatable bonds is 12. The Morgan fingerprint density at radius 2 is 1.50 bits per heavy atom. The number of nitrogens with zero attached hydrogens (tertiary/aromatic N) is 1. The summed E-state index contributed by atoms with van der Waals surface area (Å²) in [4.78, 5) is 25.9. The zero-order valence-corrected chi connectivity index (χ0v) is 20.3. The standard InChI is InChI=1S/C30H29NO5/c1-3-4-7-23-10-12-25(13-11-23)20-35-26-16-14-24(15-17-26)18-19-34-22(2)36-21-31-29(32)27-8-5-6-9-28(27)30(31)33/h3-17,22H,1,18-21H2,2H3/b7-4+. The highest BCUT2D eigenvalue weighted by Gasteiger charge is 2.35. The van der Waals surface area contributed by atoms with Crippen LogP contribution in [0.4, 0.5) is 0 Å². The Morgan fingerprint density at radius 3 is 2.14 bits per heavy atom. The van der Waals surface area contributed by atoms with E-state index in [1.54, 1.807) is 37.3 Å². The lowest BCUT2D eigenvalue weighted by atomic mass is 10.1. The summed E-state index contributed by atoms with van der Waals surface area (Å²) in [6.07, 6.45) is 5.80. The Morgan fingerprint density at radius 1 is 0.861 bits per heavy atom.